The quantitative estimate of drug-likeness (QED) is 0.748. The average Bonchev–Trinajstić information content (AvgIpc) is 2.28. The smallest absolute Gasteiger partial charge is 0.146 e. The van der Waals surface area contributed by atoms with Gasteiger partial charge in [-0.3, -0.25) is 0 Å². The number of benzene rings is 1. The molecule has 0 atom stereocenters. The number of nitrogens with two attached hydrogens (primary N) is 1. The Kier molecular flexibility index (Phi) is 6.66. The van der Waals surface area contributed by atoms with Crippen LogP contribution in [0.2, 0.25) is 10.0 Å². The van der Waals surface area contributed by atoms with E-state index in [1.165, 1.54) is 0 Å². The Morgan fingerprint density at radius 1 is 1.29 bits per heavy atom. The van der Waals surface area contributed by atoms with E-state index in [4.69, 9.17) is 33.0 Å². The van der Waals surface area contributed by atoms with Crippen LogP contribution in [0.5, 0.6) is 5.75 Å². The normalized spacial score (nSPS) is 10.6. The fourth-order valence-electron chi connectivity index (χ4n) is 1.65. The van der Waals surface area contributed by atoms with Crippen molar-refractivity contribution >= 4 is 23.2 Å². The molecule has 0 heterocycles. The number of aliphatic hydroxyl groups excluding tert-OH is 1. The maximum Gasteiger partial charge on any atom is 0.146 e. The van der Waals surface area contributed by atoms with Gasteiger partial charge in [0.2, 0.25) is 0 Å². The molecule has 0 amide bonds. The van der Waals surface area contributed by atoms with Crippen molar-refractivity contribution in [3.63, 3.8) is 0 Å². The number of aliphatic hydroxyl groups is 1. The van der Waals surface area contributed by atoms with Gasteiger partial charge in [0, 0.05) is 11.6 Å². The molecule has 0 aliphatic rings. The lowest BCUT2D eigenvalue weighted by atomic mass is 10.2. The van der Waals surface area contributed by atoms with Crippen molar-refractivity contribution in [1.82, 2.24) is 0 Å². The Bertz CT molecular complexity index is 359. The standard InChI is InChI=1S/C12H17Cl2NO2/c1-17-12-9(6-10(13)7-11(12)14)8-15-4-2-3-5-16/h6-7,15-16H,2-5,8H2,1H3/p+1. The van der Waals surface area contributed by atoms with Crippen LogP contribution in [0.4, 0.5) is 0 Å². The van der Waals surface area contributed by atoms with Gasteiger partial charge >= 0.3 is 0 Å². The number of unbranched alkanes of at least 4 members (excludes halogenated alkanes) is 1. The third-order valence-electron chi connectivity index (χ3n) is 2.47. The summed E-state index contributed by atoms with van der Waals surface area (Å²) in [6.07, 6.45) is 1.83. The topological polar surface area (TPSA) is 46.1 Å². The molecule has 0 aliphatic carbocycles. The van der Waals surface area contributed by atoms with Crippen LogP contribution in [0, 0.1) is 0 Å². The molecule has 0 fully saturated rings. The minimum Gasteiger partial charge on any atom is -0.495 e. The first-order valence-electron chi connectivity index (χ1n) is 5.63. The van der Waals surface area contributed by atoms with E-state index >= 15 is 0 Å². The summed E-state index contributed by atoms with van der Waals surface area (Å²) in [6, 6.07) is 3.55. The third kappa shape index (κ3) is 4.72. The van der Waals surface area contributed by atoms with E-state index in [1.807, 2.05) is 6.07 Å². The molecule has 3 N–H and O–H groups in total. The Labute approximate surface area is 112 Å². The maximum absolute atomic E-state index is 8.67. The maximum atomic E-state index is 8.67. The first kappa shape index (κ1) is 14.6. The number of rotatable bonds is 7. The van der Waals surface area contributed by atoms with Gasteiger partial charge < -0.3 is 15.2 Å². The van der Waals surface area contributed by atoms with Gasteiger partial charge in [-0.1, -0.05) is 23.2 Å². The molecule has 0 saturated heterocycles. The minimum absolute atomic E-state index is 0.250. The molecule has 5 heteroatoms. The highest BCUT2D eigenvalue weighted by Gasteiger charge is 2.10. The van der Waals surface area contributed by atoms with Crippen LogP contribution in [-0.2, 0) is 6.54 Å². The molecule has 17 heavy (non-hydrogen) atoms. The van der Waals surface area contributed by atoms with Crippen LogP contribution in [0.1, 0.15) is 18.4 Å². The van der Waals surface area contributed by atoms with E-state index in [0.717, 1.165) is 31.5 Å². The Balaban J connectivity index is 2.57. The Hall–Kier alpha value is -0.480. The van der Waals surface area contributed by atoms with Crippen LogP contribution in [0.25, 0.3) is 0 Å². The molecule has 0 aliphatic heterocycles. The number of quaternary nitrogens is 1. The molecule has 96 valence electrons. The van der Waals surface area contributed by atoms with Crippen LogP contribution < -0.4 is 10.1 Å². The van der Waals surface area contributed by atoms with Crippen molar-refractivity contribution in [3.8, 4) is 5.75 Å². The molecular weight excluding hydrogens is 261 g/mol. The van der Waals surface area contributed by atoms with Crippen molar-refractivity contribution < 1.29 is 15.2 Å². The zero-order chi connectivity index (χ0) is 12.7. The van der Waals surface area contributed by atoms with E-state index in [0.29, 0.717) is 15.8 Å². The molecule has 0 unspecified atom stereocenters. The zero-order valence-corrected chi connectivity index (χ0v) is 11.4. The molecule has 1 aromatic rings. The fourth-order valence-corrected chi connectivity index (χ4v) is 2.26. The third-order valence-corrected chi connectivity index (χ3v) is 2.97. The second-order valence-corrected chi connectivity index (χ2v) is 4.64. The van der Waals surface area contributed by atoms with Crippen molar-refractivity contribution in [2.24, 2.45) is 0 Å². The average molecular weight is 279 g/mol. The van der Waals surface area contributed by atoms with Crippen molar-refractivity contribution in [3.05, 3.63) is 27.7 Å². The van der Waals surface area contributed by atoms with Crippen LogP contribution >= 0.6 is 23.2 Å². The highest BCUT2D eigenvalue weighted by atomic mass is 35.5. The minimum atomic E-state index is 0.250. The lowest BCUT2D eigenvalue weighted by molar-refractivity contribution is -0.671. The number of methoxy groups -OCH3 is 1. The predicted molar refractivity (Wildman–Crippen MR) is 69.8 cm³/mol. The second kappa shape index (κ2) is 7.77. The summed E-state index contributed by atoms with van der Waals surface area (Å²) >= 11 is 12.0. The van der Waals surface area contributed by atoms with Gasteiger partial charge in [-0.15, -0.1) is 0 Å². The first-order valence-corrected chi connectivity index (χ1v) is 6.39. The van der Waals surface area contributed by atoms with Gasteiger partial charge in [-0.25, -0.2) is 0 Å². The summed E-state index contributed by atoms with van der Waals surface area (Å²) in [5.74, 6) is 0.689. The van der Waals surface area contributed by atoms with Crippen molar-refractivity contribution in [1.29, 1.82) is 0 Å². The van der Waals surface area contributed by atoms with E-state index in [-0.39, 0.29) is 6.61 Å². The highest BCUT2D eigenvalue weighted by Crippen LogP contribution is 2.31. The second-order valence-electron chi connectivity index (χ2n) is 3.79. The van der Waals surface area contributed by atoms with Gasteiger partial charge in [0.25, 0.3) is 0 Å². The van der Waals surface area contributed by atoms with Gasteiger partial charge in [0.05, 0.1) is 24.2 Å². The lowest BCUT2D eigenvalue weighted by Crippen LogP contribution is -2.82. The van der Waals surface area contributed by atoms with E-state index in [1.54, 1.807) is 13.2 Å². The SMILES string of the molecule is COc1c(Cl)cc(Cl)cc1C[NH2+]CCCCO. The van der Waals surface area contributed by atoms with Crippen LogP contribution in [-0.4, -0.2) is 25.4 Å². The summed E-state index contributed by atoms with van der Waals surface area (Å²) in [4.78, 5) is 0. The van der Waals surface area contributed by atoms with Crippen molar-refractivity contribution in [2.75, 3.05) is 20.3 Å². The number of halogens is 2. The summed E-state index contributed by atoms with van der Waals surface area (Å²) in [5, 5.41) is 12.0. The Morgan fingerprint density at radius 3 is 2.71 bits per heavy atom. The monoisotopic (exact) mass is 278 g/mol. The Morgan fingerprint density at radius 2 is 2.06 bits per heavy atom. The first-order chi connectivity index (χ1) is 8.19. The number of hydrogen-bond acceptors (Lipinski definition) is 2. The zero-order valence-electron chi connectivity index (χ0n) is 9.88. The molecule has 0 saturated carbocycles. The molecule has 0 bridgehead atoms. The molecule has 0 spiro atoms. The van der Waals surface area contributed by atoms with Gasteiger partial charge in [-0.2, -0.15) is 0 Å². The highest BCUT2D eigenvalue weighted by molar-refractivity contribution is 6.35. The molecular formula is C12H18Cl2NO2+. The fraction of sp³-hybridized carbons (Fsp3) is 0.500. The predicted octanol–water partition coefficient (Wildman–Crippen LogP) is 1.84. The molecule has 0 aromatic heterocycles. The van der Waals surface area contributed by atoms with Crippen LogP contribution in [0.15, 0.2) is 12.1 Å². The van der Waals surface area contributed by atoms with Gasteiger partial charge in [0.15, 0.2) is 0 Å². The van der Waals surface area contributed by atoms with E-state index in [2.05, 4.69) is 5.32 Å². The number of ether oxygens (including phenoxy) is 1. The summed E-state index contributed by atoms with van der Waals surface area (Å²) in [6.45, 7) is 1.99. The van der Waals surface area contributed by atoms with Gasteiger partial charge in [0.1, 0.15) is 12.3 Å². The summed E-state index contributed by atoms with van der Waals surface area (Å²) in [7, 11) is 1.60. The molecule has 3 nitrogen and oxygen atoms in total. The molecule has 1 rings (SSSR count). The molecule has 1 aromatic carbocycles. The van der Waals surface area contributed by atoms with E-state index < -0.39 is 0 Å². The van der Waals surface area contributed by atoms with E-state index in [9.17, 15) is 0 Å². The molecule has 0 radical (unpaired) electrons. The largest absolute Gasteiger partial charge is 0.495 e. The lowest BCUT2D eigenvalue weighted by Gasteiger charge is -2.10. The van der Waals surface area contributed by atoms with Crippen molar-refractivity contribution in [2.45, 2.75) is 19.4 Å². The summed E-state index contributed by atoms with van der Waals surface area (Å²) in [5.41, 5.74) is 0.994. The number of hydrogen-bond donors (Lipinski definition) is 2. The van der Waals surface area contributed by atoms with Crippen LogP contribution in [0.3, 0.4) is 0 Å². The van der Waals surface area contributed by atoms with Gasteiger partial charge in [-0.05, 0) is 25.0 Å². The summed E-state index contributed by atoms with van der Waals surface area (Å²) < 4.78 is 5.26.